The van der Waals surface area contributed by atoms with Gasteiger partial charge in [0.05, 0.1) is 24.3 Å². The van der Waals surface area contributed by atoms with Gasteiger partial charge in [0, 0.05) is 59.9 Å². The van der Waals surface area contributed by atoms with E-state index < -0.39 is 0 Å². The minimum atomic E-state index is 0.0259. The molecule has 2 heterocycles. The van der Waals surface area contributed by atoms with E-state index in [1.165, 1.54) is 64.2 Å². The quantitative estimate of drug-likeness (QED) is 0.417. The number of rotatable bonds is 2. The van der Waals surface area contributed by atoms with Crippen LogP contribution >= 0.6 is 0 Å². The van der Waals surface area contributed by atoms with Gasteiger partial charge < -0.3 is 0 Å². The highest BCUT2D eigenvalue weighted by Gasteiger charge is 2.63. The number of fused-ring (bicyclic) bond motifs is 7. The molecule has 5 saturated carbocycles. The topological polar surface area (TPSA) is 102 Å². The third kappa shape index (κ3) is 4.29. The first kappa shape index (κ1) is 26.8. The van der Waals surface area contributed by atoms with Crippen LogP contribution in [0.5, 0.6) is 0 Å². The van der Waals surface area contributed by atoms with Crippen molar-refractivity contribution in [1.82, 2.24) is 9.80 Å². The molecule has 0 radical (unpaired) electrons. The Balaban J connectivity index is 1.22. The van der Waals surface area contributed by atoms with Crippen LogP contribution in [0, 0.1) is 92.7 Å². The molecule has 0 aromatic heterocycles. The number of hydrogen-bond donors (Lipinski definition) is 0. The fourth-order valence-corrected chi connectivity index (χ4v) is 12.1. The van der Waals surface area contributed by atoms with Crippen LogP contribution in [0.2, 0.25) is 0 Å². The van der Waals surface area contributed by atoms with E-state index >= 15 is 0 Å². The van der Waals surface area contributed by atoms with Crippen LogP contribution in [0.4, 0.5) is 0 Å². The highest BCUT2D eigenvalue weighted by Crippen LogP contribution is 2.61. The summed E-state index contributed by atoms with van der Waals surface area (Å²) in [5, 5.41) is 39.5. The molecule has 7 fully saturated rings. The van der Waals surface area contributed by atoms with Gasteiger partial charge in [-0.2, -0.15) is 21.0 Å². The highest BCUT2D eigenvalue weighted by atomic mass is 15.3. The number of nitrogens with zero attached hydrogens (tertiary/aromatic N) is 6. The maximum absolute atomic E-state index is 9.88. The van der Waals surface area contributed by atoms with Crippen LogP contribution in [-0.4, -0.2) is 46.1 Å². The average Bonchev–Trinajstić information content (AvgIpc) is 3.53. The second kappa shape index (κ2) is 10.9. The molecule has 7 aliphatic rings. The highest BCUT2D eigenvalue weighted by molar-refractivity contribution is 5.17. The molecule has 2 saturated heterocycles. The summed E-state index contributed by atoms with van der Waals surface area (Å²) >= 11 is 0. The van der Waals surface area contributed by atoms with E-state index in [1.54, 1.807) is 0 Å². The molecule has 0 N–H and O–H groups in total. The fraction of sp³-hybridized carbons (Fsp3) is 0.882. The molecule has 6 heteroatoms. The van der Waals surface area contributed by atoms with E-state index in [2.05, 4.69) is 34.1 Å². The minimum absolute atomic E-state index is 0.0259. The normalized spacial score (nSPS) is 50.6. The van der Waals surface area contributed by atoms with Gasteiger partial charge in [0.1, 0.15) is 0 Å². The molecule has 6 nitrogen and oxygen atoms in total. The van der Waals surface area contributed by atoms with E-state index in [9.17, 15) is 21.0 Å². The van der Waals surface area contributed by atoms with Crippen LogP contribution in [-0.2, 0) is 0 Å². The lowest BCUT2D eigenvalue weighted by Crippen LogP contribution is -2.54. The van der Waals surface area contributed by atoms with Gasteiger partial charge in [-0.25, -0.2) is 0 Å². The van der Waals surface area contributed by atoms with E-state index in [1.807, 2.05) is 0 Å². The lowest BCUT2D eigenvalue weighted by molar-refractivity contribution is 0.0105. The lowest BCUT2D eigenvalue weighted by Gasteiger charge is -2.48. The smallest absolute Gasteiger partial charge is 0.0656 e. The van der Waals surface area contributed by atoms with Gasteiger partial charge in [0.25, 0.3) is 0 Å². The van der Waals surface area contributed by atoms with Crippen molar-refractivity contribution >= 4 is 0 Å². The maximum atomic E-state index is 9.88. The van der Waals surface area contributed by atoms with Crippen LogP contribution in [0.25, 0.3) is 0 Å². The Labute approximate surface area is 241 Å². The number of hydrogen-bond acceptors (Lipinski definition) is 6. The predicted molar refractivity (Wildman–Crippen MR) is 151 cm³/mol. The molecule has 0 spiro atoms. The fourth-order valence-electron chi connectivity index (χ4n) is 12.1. The van der Waals surface area contributed by atoms with Gasteiger partial charge in [-0.15, -0.1) is 0 Å². The molecule has 0 aromatic carbocycles. The Morgan fingerprint density at radius 1 is 0.400 bits per heavy atom. The van der Waals surface area contributed by atoms with Crippen molar-refractivity contribution in [3.05, 3.63) is 0 Å². The molecule has 12 atom stereocenters. The molecule has 5 aliphatic carbocycles. The monoisotopic (exact) mass is 538 g/mol. The predicted octanol–water partition coefficient (Wildman–Crippen LogP) is 6.16. The first-order chi connectivity index (χ1) is 19.6. The Hall–Kier alpha value is -2.12. The molecular weight excluding hydrogens is 492 g/mol. The second-order valence-electron chi connectivity index (χ2n) is 14.8. The summed E-state index contributed by atoms with van der Waals surface area (Å²) in [5.74, 6) is 3.12. The summed E-state index contributed by atoms with van der Waals surface area (Å²) in [6.07, 6.45) is 18.5. The minimum Gasteiger partial charge on any atom is -0.294 e. The zero-order valence-electron chi connectivity index (χ0n) is 24.1. The average molecular weight is 539 g/mol. The van der Waals surface area contributed by atoms with Crippen LogP contribution in [0.1, 0.15) is 103 Å². The molecule has 0 amide bonds. The summed E-state index contributed by atoms with van der Waals surface area (Å²) in [7, 11) is 0. The first-order valence-corrected chi connectivity index (χ1v) is 16.8. The summed E-state index contributed by atoms with van der Waals surface area (Å²) in [6.45, 7) is 0. The summed E-state index contributed by atoms with van der Waals surface area (Å²) in [6, 6.07) is 13.6. The summed E-state index contributed by atoms with van der Waals surface area (Å²) in [5.41, 5.74) is 0. The van der Waals surface area contributed by atoms with Crippen molar-refractivity contribution < 1.29 is 0 Å². The standard InChI is InChI=1S/C34H46N6/c35-17-21-11-22(18-36)14-25(13-21)39-29-7-3-1-5-27(29)33-31(39)9-10-32-34(33)28-6-2-4-8-30(28)40(32)26-15-23(19-37)12-24(16-26)20-38/h21-34H,1-16H2. The largest absolute Gasteiger partial charge is 0.294 e. The van der Waals surface area contributed by atoms with Crippen LogP contribution < -0.4 is 0 Å². The molecule has 212 valence electrons. The second-order valence-corrected chi connectivity index (χ2v) is 14.8. The van der Waals surface area contributed by atoms with Crippen LogP contribution in [0.3, 0.4) is 0 Å². The Morgan fingerprint density at radius 3 is 1.10 bits per heavy atom. The molecule has 0 bridgehead atoms. The Kier molecular flexibility index (Phi) is 7.32. The molecule has 12 unspecified atom stereocenters. The van der Waals surface area contributed by atoms with Gasteiger partial charge in [-0.1, -0.05) is 25.7 Å². The van der Waals surface area contributed by atoms with Crippen molar-refractivity contribution in [3.63, 3.8) is 0 Å². The summed E-state index contributed by atoms with van der Waals surface area (Å²) in [4.78, 5) is 5.91. The van der Waals surface area contributed by atoms with Gasteiger partial charge in [-0.3, -0.25) is 9.80 Å². The third-order valence-electron chi connectivity index (χ3n) is 13.1. The van der Waals surface area contributed by atoms with Crippen LogP contribution in [0.15, 0.2) is 0 Å². The van der Waals surface area contributed by atoms with E-state index in [0.717, 1.165) is 62.2 Å². The van der Waals surface area contributed by atoms with Crippen molar-refractivity contribution in [3.8, 4) is 24.3 Å². The lowest BCUT2D eigenvalue weighted by atomic mass is 9.61. The van der Waals surface area contributed by atoms with E-state index in [0.29, 0.717) is 36.3 Å². The van der Waals surface area contributed by atoms with Gasteiger partial charge in [0.2, 0.25) is 0 Å². The molecule has 2 aliphatic heterocycles. The zero-order valence-corrected chi connectivity index (χ0v) is 24.1. The van der Waals surface area contributed by atoms with Gasteiger partial charge in [-0.05, 0) is 101 Å². The Bertz CT molecular complexity index is 991. The third-order valence-corrected chi connectivity index (χ3v) is 13.1. The zero-order chi connectivity index (χ0) is 27.4. The van der Waals surface area contributed by atoms with Crippen molar-refractivity contribution in [2.45, 2.75) is 139 Å². The van der Waals surface area contributed by atoms with Crippen molar-refractivity contribution in [2.75, 3.05) is 0 Å². The van der Waals surface area contributed by atoms with E-state index in [-0.39, 0.29) is 23.7 Å². The first-order valence-electron chi connectivity index (χ1n) is 16.8. The SMILES string of the molecule is N#CC1CC(C#N)CC(N2C3CCCCC3C3C4C5CCCCC5N(C5CC(C#N)CC(C#N)C5)C4CCC32)C1. The molecule has 7 rings (SSSR count). The number of likely N-dealkylation sites (tertiary alicyclic amines) is 2. The van der Waals surface area contributed by atoms with Gasteiger partial charge in [0.15, 0.2) is 0 Å². The maximum Gasteiger partial charge on any atom is 0.0656 e. The number of nitriles is 4. The summed E-state index contributed by atoms with van der Waals surface area (Å²) < 4.78 is 0. The van der Waals surface area contributed by atoms with Gasteiger partial charge >= 0.3 is 0 Å². The molecule has 40 heavy (non-hydrogen) atoms. The van der Waals surface area contributed by atoms with E-state index in [4.69, 9.17) is 0 Å². The van der Waals surface area contributed by atoms with Crippen molar-refractivity contribution in [2.24, 2.45) is 47.3 Å². The molecular formula is C34H46N6. The molecule has 0 aromatic rings. The Morgan fingerprint density at radius 2 is 0.750 bits per heavy atom. The van der Waals surface area contributed by atoms with Crippen molar-refractivity contribution in [1.29, 1.82) is 21.0 Å².